The summed E-state index contributed by atoms with van der Waals surface area (Å²) in [6.45, 7) is 0. The molecule has 0 unspecified atom stereocenters. The Hall–Kier alpha value is -3.32. The Kier molecular flexibility index (Phi) is 6.42. The van der Waals surface area contributed by atoms with E-state index in [2.05, 4.69) is 5.32 Å². The first-order valence-electron chi connectivity index (χ1n) is 9.34. The van der Waals surface area contributed by atoms with Crippen molar-refractivity contribution in [3.8, 4) is 16.9 Å². The Balaban J connectivity index is 1.96. The van der Waals surface area contributed by atoms with E-state index in [4.69, 9.17) is 4.74 Å². The highest BCUT2D eigenvalue weighted by atomic mass is 32.2. The maximum absolute atomic E-state index is 12.8. The molecule has 3 aromatic carbocycles. The van der Waals surface area contributed by atoms with Crippen molar-refractivity contribution >= 4 is 27.3 Å². The molecule has 3 rings (SSSR count). The van der Waals surface area contributed by atoms with Gasteiger partial charge in [0.15, 0.2) is 0 Å². The molecule has 7 heteroatoms. The van der Waals surface area contributed by atoms with Gasteiger partial charge in [0.1, 0.15) is 5.75 Å². The molecule has 6 nitrogen and oxygen atoms in total. The first-order chi connectivity index (χ1) is 14.3. The predicted octanol–water partition coefficient (Wildman–Crippen LogP) is 3.94. The van der Waals surface area contributed by atoms with Gasteiger partial charge in [0.25, 0.3) is 0 Å². The molecule has 3 aromatic rings. The highest BCUT2D eigenvalue weighted by Crippen LogP contribution is 2.32. The molecule has 1 N–H and O–H groups in total. The predicted molar refractivity (Wildman–Crippen MR) is 120 cm³/mol. The summed E-state index contributed by atoms with van der Waals surface area (Å²) in [5, 5.41) is 2.87. The van der Waals surface area contributed by atoms with E-state index in [1.165, 1.54) is 7.05 Å². The largest absolute Gasteiger partial charge is 0.496 e. The normalized spacial score (nSPS) is 11.0. The van der Waals surface area contributed by atoms with Crippen LogP contribution in [0.2, 0.25) is 0 Å². The van der Waals surface area contributed by atoms with Crippen molar-refractivity contribution in [3.05, 3.63) is 78.4 Å². The fourth-order valence-corrected chi connectivity index (χ4v) is 3.63. The minimum Gasteiger partial charge on any atom is -0.496 e. The maximum atomic E-state index is 12.8. The SMILES string of the molecule is COc1ccccc1CC(=O)Nc1cc(-c2ccccc2)ccc1N(C)S(C)(=O)=O. The minimum absolute atomic E-state index is 0.0988. The van der Waals surface area contributed by atoms with E-state index >= 15 is 0 Å². The second kappa shape index (κ2) is 9.00. The average molecular weight is 425 g/mol. The van der Waals surface area contributed by atoms with Crippen molar-refractivity contribution in [2.24, 2.45) is 0 Å². The van der Waals surface area contributed by atoms with Crippen LogP contribution in [0, 0.1) is 0 Å². The first kappa shape index (κ1) is 21.4. The number of carbonyl (C=O) groups is 1. The zero-order valence-electron chi connectivity index (χ0n) is 17.1. The van der Waals surface area contributed by atoms with Crippen LogP contribution in [0.5, 0.6) is 5.75 Å². The summed E-state index contributed by atoms with van der Waals surface area (Å²) in [7, 11) is -0.483. The van der Waals surface area contributed by atoms with E-state index in [0.717, 1.165) is 27.3 Å². The number of nitrogens with one attached hydrogen (secondary N) is 1. The van der Waals surface area contributed by atoms with Crippen molar-refractivity contribution in [1.29, 1.82) is 0 Å². The molecule has 1 amide bonds. The van der Waals surface area contributed by atoms with Crippen LogP contribution < -0.4 is 14.4 Å². The lowest BCUT2D eigenvalue weighted by Gasteiger charge is -2.21. The third kappa shape index (κ3) is 4.99. The van der Waals surface area contributed by atoms with Crippen molar-refractivity contribution in [1.82, 2.24) is 0 Å². The Bertz CT molecular complexity index is 1140. The van der Waals surface area contributed by atoms with Crippen LogP contribution in [0.25, 0.3) is 11.1 Å². The smallest absolute Gasteiger partial charge is 0.232 e. The van der Waals surface area contributed by atoms with E-state index in [-0.39, 0.29) is 12.3 Å². The van der Waals surface area contributed by atoms with E-state index in [0.29, 0.717) is 17.1 Å². The highest BCUT2D eigenvalue weighted by molar-refractivity contribution is 7.92. The van der Waals surface area contributed by atoms with E-state index < -0.39 is 10.0 Å². The minimum atomic E-state index is -3.50. The molecule has 30 heavy (non-hydrogen) atoms. The van der Waals surface area contributed by atoms with Crippen LogP contribution in [-0.4, -0.2) is 34.7 Å². The van der Waals surface area contributed by atoms with Gasteiger partial charge in [-0.15, -0.1) is 0 Å². The van der Waals surface area contributed by atoms with E-state index in [1.54, 1.807) is 25.3 Å². The number of hydrogen-bond donors (Lipinski definition) is 1. The third-order valence-electron chi connectivity index (χ3n) is 4.76. The quantitative estimate of drug-likeness (QED) is 0.623. The van der Waals surface area contributed by atoms with Gasteiger partial charge in [-0.1, -0.05) is 54.6 Å². The van der Waals surface area contributed by atoms with Crippen LogP contribution in [-0.2, 0) is 21.2 Å². The summed E-state index contributed by atoms with van der Waals surface area (Å²) in [5.41, 5.74) is 3.39. The summed E-state index contributed by atoms with van der Waals surface area (Å²) in [6, 6.07) is 22.3. The molecule has 0 saturated heterocycles. The number of carbonyl (C=O) groups excluding carboxylic acids is 1. The number of benzene rings is 3. The van der Waals surface area contributed by atoms with E-state index in [1.807, 2.05) is 54.6 Å². The number of amides is 1. The van der Waals surface area contributed by atoms with Crippen molar-refractivity contribution < 1.29 is 17.9 Å². The van der Waals surface area contributed by atoms with E-state index in [9.17, 15) is 13.2 Å². The lowest BCUT2D eigenvalue weighted by Crippen LogP contribution is -2.26. The number of sulfonamides is 1. The number of hydrogen-bond acceptors (Lipinski definition) is 4. The molecule has 0 heterocycles. The molecule has 156 valence electrons. The van der Waals surface area contributed by atoms with Crippen LogP contribution in [0.1, 0.15) is 5.56 Å². The molecule has 0 aliphatic rings. The number of ether oxygens (including phenoxy) is 1. The van der Waals surface area contributed by atoms with Gasteiger partial charge < -0.3 is 10.1 Å². The molecule has 0 aliphatic carbocycles. The van der Waals surface area contributed by atoms with Crippen LogP contribution in [0.4, 0.5) is 11.4 Å². The standard InChI is InChI=1S/C23H24N2O4S/c1-25(30(3,27)28)21-14-13-18(17-9-5-4-6-10-17)15-20(21)24-23(26)16-19-11-7-8-12-22(19)29-2/h4-15H,16H2,1-3H3,(H,24,26). The Morgan fingerprint density at radius 2 is 1.63 bits per heavy atom. The lowest BCUT2D eigenvalue weighted by atomic mass is 10.0. The zero-order valence-corrected chi connectivity index (χ0v) is 17.9. The molecule has 0 aromatic heterocycles. The Labute approximate surface area is 177 Å². The van der Waals surface area contributed by atoms with Crippen molar-refractivity contribution in [2.45, 2.75) is 6.42 Å². The molecule has 0 bridgehead atoms. The van der Waals surface area contributed by atoms with Gasteiger partial charge >= 0.3 is 0 Å². The van der Waals surface area contributed by atoms with Crippen molar-refractivity contribution in [2.75, 3.05) is 30.0 Å². The summed E-state index contributed by atoms with van der Waals surface area (Å²) in [6.07, 6.45) is 1.22. The Morgan fingerprint density at radius 3 is 2.30 bits per heavy atom. The fraction of sp³-hybridized carbons (Fsp3) is 0.174. The number of rotatable bonds is 7. The molecular weight excluding hydrogens is 400 g/mol. The number of methoxy groups -OCH3 is 1. The maximum Gasteiger partial charge on any atom is 0.232 e. The molecular formula is C23H24N2O4S. The second-order valence-corrected chi connectivity index (χ2v) is 8.88. The Morgan fingerprint density at radius 1 is 0.967 bits per heavy atom. The van der Waals surface area contributed by atoms with Crippen LogP contribution in [0.3, 0.4) is 0 Å². The third-order valence-corrected chi connectivity index (χ3v) is 5.95. The number of para-hydroxylation sites is 1. The zero-order chi connectivity index (χ0) is 21.7. The first-order valence-corrected chi connectivity index (χ1v) is 11.2. The summed E-state index contributed by atoms with van der Waals surface area (Å²) in [5.74, 6) is 0.354. The van der Waals surface area contributed by atoms with Crippen molar-refractivity contribution in [3.63, 3.8) is 0 Å². The monoisotopic (exact) mass is 424 g/mol. The van der Waals surface area contributed by atoms with Gasteiger partial charge in [0.05, 0.1) is 31.2 Å². The molecule has 0 fully saturated rings. The topological polar surface area (TPSA) is 75.7 Å². The van der Waals surface area contributed by atoms with Gasteiger partial charge in [0, 0.05) is 12.6 Å². The van der Waals surface area contributed by atoms with Gasteiger partial charge in [-0.2, -0.15) is 0 Å². The number of anilines is 2. The molecule has 0 aliphatic heterocycles. The number of nitrogens with zero attached hydrogens (tertiary/aromatic N) is 1. The summed E-state index contributed by atoms with van der Waals surface area (Å²) >= 11 is 0. The van der Waals surface area contributed by atoms with Gasteiger partial charge in [-0.05, 0) is 29.3 Å². The fourth-order valence-electron chi connectivity index (χ4n) is 3.12. The lowest BCUT2D eigenvalue weighted by molar-refractivity contribution is -0.115. The second-order valence-electron chi connectivity index (χ2n) is 6.87. The van der Waals surface area contributed by atoms with Gasteiger partial charge in [-0.25, -0.2) is 8.42 Å². The van der Waals surface area contributed by atoms with Crippen LogP contribution in [0.15, 0.2) is 72.8 Å². The molecule has 0 saturated carbocycles. The van der Waals surface area contributed by atoms with Gasteiger partial charge in [0.2, 0.25) is 15.9 Å². The molecule has 0 atom stereocenters. The summed E-state index contributed by atoms with van der Waals surface area (Å²) in [4.78, 5) is 12.8. The highest BCUT2D eigenvalue weighted by Gasteiger charge is 2.18. The van der Waals surface area contributed by atoms with Crippen LogP contribution >= 0.6 is 0 Å². The van der Waals surface area contributed by atoms with Gasteiger partial charge in [-0.3, -0.25) is 9.10 Å². The molecule has 0 radical (unpaired) electrons. The summed E-state index contributed by atoms with van der Waals surface area (Å²) < 4.78 is 30.7. The average Bonchev–Trinajstić information content (AvgIpc) is 2.73. The molecule has 0 spiro atoms.